The van der Waals surface area contributed by atoms with Gasteiger partial charge in [0, 0.05) is 35.1 Å². The average Bonchev–Trinajstić information content (AvgIpc) is 3.10. The summed E-state index contributed by atoms with van der Waals surface area (Å²) in [7, 11) is 3.10. The van der Waals surface area contributed by atoms with Crippen LogP contribution in [-0.2, 0) is 0 Å². The minimum Gasteiger partial charge on any atom is -0.493 e. The largest absolute Gasteiger partial charge is 0.493 e. The van der Waals surface area contributed by atoms with Crippen molar-refractivity contribution >= 4 is 38.8 Å². The van der Waals surface area contributed by atoms with Crippen LogP contribution < -0.4 is 20.5 Å². The van der Waals surface area contributed by atoms with Gasteiger partial charge in [-0.2, -0.15) is 0 Å². The number of hydrogen-bond acceptors (Lipinski definition) is 7. The van der Waals surface area contributed by atoms with Crippen molar-refractivity contribution in [1.82, 2.24) is 9.97 Å². The van der Waals surface area contributed by atoms with E-state index in [1.807, 2.05) is 24.3 Å². The summed E-state index contributed by atoms with van der Waals surface area (Å²) in [6.45, 7) is 0. The number of benzene rings is 1. The topological polar surface area (TPSA) is 99.4 Å². The van der Waals surface area contributed by atoms with Crippen LogP contribution in [0, 0.1) is 0 Å². The van der Waals surface area contributed by atoms with Gasteiger partial charge in [0.05, 0.1) is 25.6 Å². The smallest absolute Gasteiger partial charge is 0.267 e. The standard InChI is InChI=1S/C21H18N4O3S/c1-27-16-6-3-13(11-17(16)28-2)24-20(26)19-18(22)14-4-5-15(25-21(14)29-19)12-7-9-23-10-8-12/h3-11H,22H2,1-2H3,(H,24,26). The van der Waals surface area contributed by atoms with E-state index in [1.54, 1.807) is 44.8 Å². The molecule has 0 radical (unpaired) electrons. The zero-order valence-corrected chi connectivity index (χ0v) is 16.6. The molecule has 0 aliphatic rings. The van der Waals surface area contributed by atoms with Gasteiger partial charge >= 0.3 is 0 Å². The zero-order valence-electron chi connectivity index (χ0n) is 15.8. The second-order valence-electron chi connectivity index (χ2n) is 6.15. The number of nitrogens with two attached hydrogens (primary N) is 1. The first-order valence-electron chi connectivity index (χ1n) is 8.73. The van der Waals surface area contributed by atoms with E-state index < -0.39 is 0 Å². The van der Waals surface area contributed by atoms with Crippen LogP contribution in [0.1, 0.15) is 9.67 Å². The van der Waals surface area contributed by atoms with E-state index in [-0.39, 0.29) is 5.91 Å². The number of carbonyl (C=O) groups excluding carboxylic acids is 1. The fraction of sp³-hybridized carbons (Fsp3) is 0.0952. The molecule has 146 valence electrons. The Hall–Kier alpha value is -3.65. The first-order chi connectivity index (χ1) is 14.1. The Kier molecular flexibility index (Phi) is 5.01. The summed E-state index contributed by atoms with van der Waals surface area (Å²) in [6, 6.07) is 12.7. The number of rotatable bonds is 5. The second-order valence-corrected chi connectivity index (χ2v) is 7.15. The number of ether oxygens (including phenoxy) is 2. The second kappa shape index (κ2) is 7.76. The maximum absolute atomic E-state index is 12.8. The summed E-state index contributed by atoms with van der Waals surface area (Å²) in [5.41, 5.74) is 8.98. The number of methoxy groups -OCH3 is 2. The molecule has 4 aromatic rings. The van der Waals surface area contributed by atoms with Gasteiger partial charge < -0.3 is 20.5 Å². The van der Waals surface area contributed by atoms with Crippen molar-refractivity contribution in [3.63, 3.8) is 0 Å². The Balaban J connectivity index is 1.65. The van der Waals surface area contributed by atoms with Gasteiger partial charge in [-0.25, -0.2) is 4.98 Å². The third-order valence-corrected chi connectivity index (χ3v) is 5.53. The lowest BCUT2D eigenvalue weighted by atomic mass is 10.1. The van der Waals surface area contributed by atoms with Crippen LogP contribution in [0.4, 0.5) is 11.4 Å². The van der Waals surface area contributed by atoms with E-state index in [0.29, 0.717) is 32.6 Å². The molecule has 3 heterocycles. The SMILES string of the molecule is COc1ccc(NC(=O)c2sc3nc(-c4ccncc4)ccc3c2N)cc1OC. The third-order valence-electron chi connectivity index (χ3n) is 4.42. The summed E-state index contributed by atoms with van der Waals surface area (Å²) >= 11 is 1.26. The monoisotopic (exact) mass is 406 g/mol. The number of aromatic nitrogens is 2. The van der Waals surface area contributed by atoms with Gasteiger partial charge in [-0.05, 0) is 36.4 Å². The van der Waals surface area contributed by atoms with Crippen molar-refractivity contribution in [2.75, 3.05) is 25.3 Å². The number of pyridine rings is 2. The molecule has 1 aromatic carbocycles. The highest BCUT2D eigenvalue weighted by Gasteiger charge is 2.18. The Morgan fingerprint density at radius 2 is 1.79 bits per heavy atom. The molecule has 0 saturated heterocycles. The highest BCUT2D eigenvalue weighted by atomic mass is 32.1. The summed E-state index contributed by atoms with van der Waals surface area (Å²) in [5.74, 6) is 0.807. The van der Waals surface area contributed by atoms with Gasteiger partial charge in [0.25, 0.3) is 5.91 Å². The molecule has 0 fully saturated rings. The summed E-state index contributed by atoms with van der Waals surface area (Å²) in [6.07, 6.45) is 3.43. The van der Waals surface area contributed by atoms with Crippen LogP contribution in [-0.4, -0.2) is 30.1 Å². The quantitative estimate of drug-likeness (QED) is 0.515. The molecule has 3 aromatic heterocycles. The van der Waals surface area contributed by atoms with Crippen molar-refractivity contribution in [2.24, 2.45) is 0 Å². The van der Waals surface area contributed by atoms with E-state index in [2.05, 4.69) is 15.3 Å². The Morgan fingerprint density at radius 3 is 2.52 bits per heavy atom. The molecule has 1 amide bonds. The number of hydrogen-bond donors (Lipinski definition) is 2. The normalized spacial score (nSPS) is 10.7. The lowest BCUT2D eigenvalue weighted by Gasteiger charge is -2.10. The Morgan fingerprint density at radius 1 is 1.03 bits per heavy atom. The summed E-state index contributed by atoms with van der Waals surface area (Å²) in [5, 5.41) is 3.61. The highest BCUT2D eigenvalue weighted by molar-refractivity contribution is 7.21. The average molecular weight is 406 g/mol. The Bertz CT molecular complexity index is 1190. The van der Waals surface area contributed by atoms with E-state index >= 15 is 0 Å². The van der Waals surface area contributed by atoms with E-state index in [1.165, 1.54) is 11.3 Å². The number of nitrogens with one attached hydrogen (secondary N) is 1. The summed E-state index contributed by atoms with van der Waals surface area (Å²) < 4.78 is 10.5. The molecular formula is C21H18N4O3S. The Labute approximate surface area is 171 Å². The lowest BCUT2D eigenvalue weighted by molar-refractivity contribution is 0.103. The molecule has 4 rings (SSSR count). The van der Waals surface area contributed by atoms with Gasteiger partial charge in [-0.15, -0.1) is 11.3 Å². The van der Waals surface area contributed by atoms with Crippen LogP contribution >= 0.6 is 11.3 Å². The molecule has 0 bridgehead atoms. The first kappa shape index (κ1) is 18.7. The number of nitrogens with zero attached hydrogens (tertiary/aromatic N) is 2. The van der Waals surface area contributed by atoms with Crippen LogP contribution in [0.3, 0.4) is 0 Å². The van der Waals surface area contributed by atoms with Crippen molar-refractivity contribution in [2.45, 2.75) is 0 Å². The van der Waals surface area contributed by atoms with Crippen LogP contribution in [0.25, 0.3) is 21.5 Å². The molecule has 3 N–H and O–H groups in total. The van der Waals surface area contributed by atoms with Crippen molar-refractivity contribution in [3.8, 4) is 22.8 Å². The van der Waals surface area contributed by atoms with Crippen molar-refractivity contribution < 1.29 is 14.3 Å². The van der Waals surface area contributed by atoms with Crippen molar-refractivity contribution in [3.05, 3.63) is 59.7 Å². The van der Waals surface area contributed by atoms with Gasteiger partial charge in [-0.3, -0.25) is 9.78 Å². The van der Waals surface area contributed by atoms with Crippen LogP contribution in [0.5, 0.6) is 11.5 Å². The third kappa shape index (κ3) is 3.57. The fourth-order valence-corrected chi connectivity index (χ4v) is 3.94. The summed E-state index contributed by atoms with van der Waals surface area (Å²) in [4.78, 5) is 22.6. The molecule has 7 nitrogen and oxygen atoms in total. The molecule has 0 saturated carbocycles. The lowest BCUT2D eigenvalue weighted by Crippen LogP contribution is -2.12. The number of thiophene rings is 1. The van der Waals surface area contributed by atoms with Gasteiger partial charge in [0.2, 0.25) is 0 Å². The van der Waals surface area contributed by atoms with E-state index in [0.717, 1.165) is 16.6 Å². The highest BCUT2D eigenvalue weighted by Crippen LogP contribution is 2.35. The first-order valence-corrected chi connectivity index (χ1v) is 9.55. The molecule has 0 aliphatic heterocycles. The van der Waals surface area contributed by atoms with E-state index in [4.69, 9.17) is 15.2 Å². The molecule has 0 atom stereocenters. The zero-order chi connectivity index (χ0) is 20.4. The minimum atomic E-state index is -0.303. The predicted octanol–water partition coefficient (Wildman–Crippen LogP) is 4.21. The maximum Gasteiger partial charge on any atom is 0.267 e. The van der Waals surface area contributed by atoms with Gasteiger partial charge in [0.1, 0.15) is 9.71 Å². The molecule has 0 unspecified atom stereocenters. The molecule has 8 heteroatoms. The van der Waals surface area contributed by atoms with Gasteiger partial charge in [-0.1, -0.05) is 0 Å². The number of carbonyl (C=O) groups is 1. The van der Waals surface area contributed by atoms with Crippen molar-refractivity contribution in [1.29, 1.82) is 0 Å². The number of anilines is 2. The van der Waals surface area contributed by atoms with Crippen LogP contribution in [0.2, 0.25) is 0 Å². The molecule has 0 aliphatic carbocycles. The molecule has 29 heavy (non-hydrogen) atoms. The number of nitrogen functional groups attached to an aromatic ring is 1. The molecule has 0 spiro atoms. The number of amides is 1. The van der Waals surface area contributed by atoms with Gasteiger partial charge in [0.15, 0.2) is 11.5 Å². The predicted molar refractivity (Wildman–Crippen MR) is 115 cm³/mol. The van der Waals surface area contributed by atoms with Crippen LogP contribution in [0.15, 0.2) is 54.9 Å². The minimum absolute atomic E-state index is 0.303. The maximum atomic E-state index is 12.8. The fourth-order valence-electron chi connectivity index (χ4n) is 2.95. The number of fused-ring (bicyclic) bond motifs is 1. The molecular weight excluding hydrogens is 388 g/mol. The van der Waals surface area contributed by atoms with E-state index in [9.17, 15) is 4.79 Å².